The molecule has 0 bridgehead atoms. The minimum atomic E-state index is 0.329. The Morgan fingerprint density at radius 3 is 1.83 bits per heavy atom. The summed E-state index contributed by atoms with van der Waals surface area (Å²) >= 11 is 0. The van der Waals surface area contributed by atoms with E-state index in [9.17, 15) is 0 Å². The monoisotopic (exact) mass is 412 g/mol. The number of phenolic OH excluding ortho intramolecular Hbond substituents is 1. The summed E-state index contributed by atoms with van der Waals surface area (Å²) < 4.78 is 0. The Kier molecular flexibility index (Phi) is 15.0. The lowest BCUT2D eigenvalue weighted by molar-refractivity contribution is -0.0979. The molecule has 0 amide bonds. The Bertz CT molecular complexity index is 652. The average molecular weight is 413 g/mol. The molecule has 0 unspecified atom stereocenters. The molecule has 4 nitrogen and oxygen atoms in total. The van der Waals surface area contributed by atoms with Crippen LogP contribution in [0, 0.1) is 6.92 Å². The molecule has 0 aliphatic heterocycles. The Morgan fingerprint density at radius 1 is 0.967 bits per heavy atom. The minimum Gasteiger partial charge on any atom is -0.508 e. The minimum absolute atomic E-state index is 0.329. The SMILES string of the molecule is C=CC.C=O.CN(C)CCCN(C)C1Cc2ccccc2C1.Cc1ccc(O)cc1. The second-order valence-electron chi connectivity index (χ2n) is 7.71. The summed E-state index contributed by atoms with van der Waals surface area (Å²) in [7, 11) is 6.56. The number of hydrogen-bond acceptors (Lipinski definition) is 4. The van der Waals surface area contributed by atoms with Crippen molar-refractivity contribution in [1.29, 1.82) is 0 Å². The number of likely N-dealkylation sites (N-methyl/N-ethyl adjacent to an activating group) is 1. The molecule has 0 saturated heterocycles. The van der Waals surface area contributed by atoms with E-state index in [4.69, 9.17) is 9.90 Å². The lowest BCUT2D eigenvalue weighted by Gasteiger charge is -2.24. The molecule has 30 heavy (non-hydrogen) atoms. The Hall–Kier alpha value is -2.43. The number of fused-ring (bicyclic) bond motifs is 1. The quantitative estimate of drug-likeness (QED) is 0.720. The summed E-state index contributed by atoms with van der Waals surface area (Å²) in [4.78, 5) is 12.8. The van der Waals surface area contributed by atoms with E-state index in [-0.39, 0.29) is 0 Å². The highest BCUT2D eigenvalue weighted by molar-refractivity contribution is 5.33. The van der Waals surface area contributed by atoms with Gasteiger partial charge in [0, 0.05) is 6.04 Å². The van der Waals surface area contributed by atoms with E-state index in [1.807, 2.05) is 32.8 Å². The van der Waals surface area contributed by atoms with Gasteiger partial charge in [0.2, 0.25) is 0 Å². The summed E-state index contributed by atoms with van der Waals surface area (Å²) in [5, 5.41) is 8.76. The van der Waals surface area contributed by atoms with E-state index >= 15 is 0 Å². The average Bonchev–Trinajstić information content (AvgIpc) is 3.17. The molecule has 4 heteroatoms. The zero-order valence-corrected chi connectivity index (χ0v) is 19.5. The molecule has 166 valence electrons. The smallest absolute Gasteiger partial charge is 0.115 e. The summed E-state index contributed by atoms with van der Waals surface area (Å²) in [6, 6.07) is 16.7. The van der Waals surface area contributed by atoms with Crippen molar-refractivity contribution in [3.05, 3.63) is 77.9 Å². The largest absolute Gasteiger partial charge is 0.508 e. The zero-order valence-electron chi connectivity index (χ0n) is 19.5. The lowest BCUT2D eigenvalue weighted by Crippen LogP contribution is -2.34. The molecule has 1 aliphatic carbocycles. The zero-order chi connectivity index (χ0) is 22.9. The highest BCUT2D eigenvalue weighted by Crippen LogP contribution is 2.24. The fourth-order valence-electron chi connectivity index (χ4n) is 3.21. The molecule has 2 aromatic rings. The third-order valence-corrected chi connectivity index (χ3v) is 4.80. The highest BCUT2D eigenvalue weighted by atomic mass is 16.3. The number of hydrogen-bond donors (Lipinski definition) is 1. The van der Waals surface area contributed by atoms with Crippen molar-refractivity contribution in [3.63, 3.8) is 0 Å². The number of carbonyl (C=O) groups is 1. The van der Waals surface area contributed by atoms with Crippen LogP contribution in [0.25, 0.3) is 0 Å². The van der Waals surface area contributed by atoms with Crippen LogP contribution in [0.1, 0.15) is 30.0 Å². The van der Waals surface area contributed by atoms with Crippen LogP contribution in [0.3, 0.4) is 0 Å². The fourth-order valence-corrected chi connectivity index (χ4v) is 3.21. The molecule has 0 spiro atoms. The second kappa shape index (κ2) is 16.4. The van der Waals surface area contributed by atoms with Gasteiger partial charge in [-0.3, -0.25) is 0 Å². The molecule has 2 aromatic carbocycles. The van der Waals surface area contributed by atoms with Crippen molar-refractivity contribution < 1.29 is 9.90 Å². The van der Waals surface area contributed by atoms with Gasteiger partial charge in [-0.1, -0.05) is 48.0 Å². The van der Waals surface area contributed by atoms with Crippen LogP contribution >= 0.6 is 0 Å². The van der Waals surface area contributed by atoms with Crippen molar-refractivity contribution in [2.24, 2.45) is 0 Å². The number of carbonyl (C=O) groups excluding carboxylic acids is 1. The maximum absolute atomic E-state index is 8.76. The van der Waals surface area contributed by atoms with Gasteiger partial charge in [0.05, 0.1) is 0 Å². The molecule has 0 fully saturated rings. The van der Waals surface area contributed by atoms with Gasteiger partial charge < -0.3 is 19.7 Å². The summed E-state index contributed by atoms with van der Waals surface area (Å²) in [6.45, 7) is 11.6. The number of allylic oxidation sites excluding steroid dienone is 1. The van der Waals surface area contributed by atoms with Crippen LogP contribution in [-0.2, 0) is 17.6 Å². The van der Waals surface area contributed by atoms with Crippen molar-refractivity contribution in [1.82, 2.24) is 9.80 Å². The summed E-state index contributed by atoms with van der Waals surface area (Å²) in [5.74, 6) is 0.329. The van der Waals surface area contributed by atoms with Crippen molar-refractivity contribution in [2.45, 2.75) is 39.2 Å². The van der Waals surface area contributed by atoms with Gasteiger partial charge >= 0.3 is 0 Å². The first-order valence-electron chi connectivity index (χ1n) is 10.4. The first-order chi connectivity index (χ1) is 14.4. The maximum atomic E-state index is 8.76. The van der Waals surface area contributed by atoms with E-state index in [2.05, 4.69) is 61.8 Å². The maximum Gasteiger partial charge on any atom is 0.115 e. The number of nitrogens with zero attached hydrogens (tertiary/aromatic N) is 2. The predicted octanol–water partition coefficient (Wildman–Crippen LogP) is 4.75. The van der Waals surface area contributed by atoms with Gasteiger partial charge in [0.25, 0.3) is 0 Å². The number of aryl methyl sites for hydroxylation is 1. The Balaban J connectivity index is 0.000000539. The van der Waals surface area contributed by atoms with Gasteiger partial charge in [-0.2, -0.15) is 0 Å². The standard InChI is InChI=1S/C15H24N2.C7H8O.C3H6.CH2O/c1-16(2)9-6-10-17(3)15-11-13-7-4-5-8-14(13)12-15;1-6-2-4-7(8)5-3-6;1-3-2;1-2/h4-5,7-8,15H,6,9-12H2,1-3H3;2-5,8H,1H3;3H,1H2,2H3;1H2. The molecule has 0 saturated carbocycles. The van der Waals surface area contributed by atoms with Crippen molar-refractivity contribution in [2.75, 3.05) is 34.2 Å². The van der Waals surface area contributed by atoms with Gasteiger partial charge in [-0.05, 0) is 90.6 Å². The summed E-state index contributed by atoms with van der Waals surface area (Å²) in [5.41, 5.74) is 4.27. The predicted molar refractivity (Wildman–Crippen MR) is 129 cm³/mol. The van der Waals surface area contributed by atoms with Gasteiger partial charge in [0.1, 0.15) is 12.5 Å². The first-order valence-corrected chi connectivity index (χ1v) is 10.4. The van der Waals surface area contributed by atoms with Crippen LogP contribution < -0.4 is 0 Å². The molecule has 0 atom stereocenters. The van der Waals surface area contributed by atoms with Crippen LogP contribution in [0.5, 0.6) is 5.75 Å². The van der Waals surface area contributed by atoms with Crippen LogP contribution in [-0.4, -0.2) is 62.0 Å². The summed E-state index contributed by atoms with van der Waals surface area (Å²) in [6.07, 6.45) is 5.47. The second-order valence-corrected chi connectivity index (χ2v) is 7.71. The third-order valence-electron chi connectivity index (χ3n) is 4.80. The fraction of sp³-hybridized carbons (Fsp3) is 0.423. The first kappa shape index (κ1) is 27.6. The molecule has 0 aromatic heterocycles. The molecular formula is C26H40N2O2. The van der Waals surface area contributed by atoms with Gasteiger partial charge in [-0.25, -0.2) is 0 Å². The Labute approximate surface area is 183 Å². The molecule has 0 heterocycles. The lowest BCUT2D eigenvalue weighted by atomic mass is 10.1. The molecule has 1 N–H and O–H groups in total. The van der Waals surface area contributed by atoms with Crippen LogP contribution in [0.15, 0.2) is 61.2 Å². The number of phenols is 1. The van der Waals surface area contributed by atoms with Crippen LogP contribution in [0.2, 0.25) is 0 Å². The molecule has 1 aliphatic rings. The molecular weight excluding hydrogens is 372 g/mol. The normalized spacial score (nSPS) is 12.0. The van der Waals surface area contributed by atoms with Crippen molar-refractivity contribution in [3.8, 4) is 5.75 Å². The van der Waals surface area contributed by atoms with Gasteiger partial charge in [0.15, 0.2) is 0 Å². The van der Waals surface area contributed by atoms with E-state index < -0.39 is 0 Å². The number of rotatable bonds is 5. The molecule has 3 rings (SSSR count). The van der Waals surface area contributed by atoms with E-state index in [0.29, 0.717) is 5.75 Å². The van der Waals surface area contributed by atoms with Crippen molar-refractivity contribution >= 4 is 6.79 Å². The topological polar surface area (TPSA) is 43.8 Å². The van der Waals surface area contributed by atoms with E-state index in [0.717, 1.165) is 6.04 Å². The van der Waals surface area contributed by atoms with E-state index in [1.54, 1.807) is 29.3 Å². The highest BCUT2D eigenvalue weighted by Gasteiger charge is 2.23. The van der Waals surface area contributed by atoms with Gasteiger partial charge in [-0.15, -0.1) is 6.58 Å². The van der Waals surface area contributed by atoms with E-state index in [1.165, 1.54) is 37.9 Å². The number of aromatic hydroxyl groups is 1. The molecule has 0 radical (unpaired) electrons. The third kappa shape index (κ3) is 11.5. The van der Waals surface area contributed by atoms with Crippen LogP contribution in [0.4, 0.5) is 0 Å². The Morgan fingerprint density at radius 2 is 1.43 bits per heavy atom. The number of benzene rings is 2.